The fourth-order valence-corrected chi connectivity index (χ4v) is 5.97. The summed E-state index contributed by atoms with van der Waals surface area (Å²) in [4.78, 5) is 26.1. The van der Waals surface area contributed by atoms with Crippen LogP contribution in [0.5, 0.6) is 0 Å². The van der Waals surface area contributed by atoms with E-state index in [0.717, 1.165) is 22.9 Å². The molecule has 0 aliphatic heterocycles. The van der Waals surface area contributed by atoms with Crippen molar-refractivity contribution >= 4 is 38.3 Å². The van der Waals surface area contributed by atoms with E-state index >= 15 is 0 Å². The number of anilines is 1. The molecule has 3 aromatic rings. The summed E-state index contributed by atoms with van der Waals surface area (Å²) in [7, 11) is -4.09. The summed E-state index contributed by atoms with van der Waals surface area (Å²) in [5.41, 5.74) is -10.3. The first-order chi connectivity index (χ1) is 19.5. The van der Waals surface area contributed by atoms with Crippen LogP contribution in [0.2, 0.25) is 0 Å². The first-order valence-electron chi connectivity index (χ1n) is 12.6. The van der Waals surface area contributed by atoms with Crippen LogP contribution in [0.1, 0.15) is 49.7 Å². The summed E-state index contributed by atoms with van der Waals surface area (Å²) < 4.78 is 125. The van der Waals surface area contributed by atoms with Gasteiger partial charge in [0, 0.05) is 28.2 Å². The topological polar surface area (TPSA) is 115 Å². The third kappa shape index (κ3) is 6.34. The minimum atomic E-state index is -6.11. The fraction of sp³-hybridized carbons (Fsp3) is 0.407. The molecule has 1 aliphatic carbocycles. The van der Waals surface area contributed by atoms with E-state index in [2.05, 4.69) is 5.32 Å². The molecular formula is C27H25F7N2O6S. The van der Waals surface area contributed by atoms with Crippen LogP contribution in [0.15, 0.2) is 53.6 Å². The smallest absolute Gasteiger partial charge is 0.430 e. The normalized spacial score (nSPS) is 15.8. The van der Waals surface area contributed by atoms with Gasteiger partial charge in [-0.25, -0.2) is 22.2 Å². The van der Waals surface area contributed by atoms with Gasteiger partial charge in [0.15, 0.2) is 9.84 Å². The molecule has 234 valence electrons. The summed E-state index contributed by atoms with van der Waals surface area (Å²) in [6.07, 6.45) is -12.0. The maximum Gasteiger partial charge on any atom is 0.430 e. The Morgan fingerprint density at radius 2 is 1.53 bits per heavy atom. The lowest BCUT2D eigenvalue weighted by Gasteiger charge is -2.32. The lowest BCUT2D eigenvalue weighted by Crippen LogP contribution is -2.53. The van der Waals surface area contributed by atoms with Gasteiger partial charge in [-0.2, -0.15) is 26.3 Å². The van der Waals surface area contributed by atoms with Crippen LogP contribution in [0.25, 0.3) is 10.8 Å². The molecule has 1 amide bonds. The van der Waals surface area contributed by atoms with Gasteiger partial charge in [0.05, 0.1) is 10.6 Å². The number of aromatic nitrogens is 1. The van der Waals surface area contributed by atoms with Crippen LogP contribution >= 0.6 is 0 Å². The molecule has 1 saturated carbocycles. The van der Waals surface area contributed by atoms with Gasteiger partial charge in [-0.3, -0.25) is 4.79 Å². The Balaban J connectivity index is 1.73. The van der Waals surface area contributed by atoms with Crippen molar-refractivity contribution in [2.45, 2.75) is 67.7 Å². The number of alkyl halides is 7. The van der Waals surface area contributed by atoms with E-state index in [1.165, 1.54) is 26.8 Å². The van der Waals surface area contributed by atoms with Gasteiger partial charge in [-0.1, -0.05) is 18.2 Å². The molecule has 0 unspecified atom stereocenters. The molecule has 0 spiro atoms. The van der Waals surface area contributed by atoms with Crippen LogP contribution in [0.3, 0.4) is 0 Å². The number of halogens is 7. The van der Waals surface area contributed by atoms with Crippen LogP contribution in [0.4, 0.5) is 41.2 Å². The summed E-state index contributed by atoms with van der Waals surface area (Å²) in [5.74, 6) is -1.81. The van der Waals surface area contributed by atoms with Crippen molar-refractivity contribution in [3.05, 3.63) is 59.9 Å². The Bertz CT molecular complexity index is 1670. The summed E-state index contributed by atoms with van der Waals surface area (Å²) in [5, 5.41) is 11.9. The first kappa shape index (κ1) is 32.3. The van der Waals surface area contributed by atoms with Crippen LogP contribution in [-0.2, 0) is 20.2 Å². The lowest BCUT2D eigenvalue weighted by atomic mass is 9.92. The van der Waals surface area contributed by atoms with Crippen molar-refractivity contribution in [2.75, 3.05) is 11.1 Å². The van der Waals surface area contributed by atoms with Crippen LogP contribution in [0, 0.1) is 0 Å². The highest BCUT2D eigenvalue weighted by atomic mass is 32.2. The number of benzene rings is 2. The summed E-state index contributed by atoms with van der Waals surface area (Å²) in [6.45, 7) is 4.61. The number of sulfone groups is 1. The van der Waals surface area contributed by atoms with E-state index in [-0.39, 0.29) is 34.2 Å². The van der Waals surface area contributed by atoms with Crippen LogP contribution < -0.4 is 5.32 Å². The number of fused-ring (bicyclic) bond motifs is 1. The molecule has 1 heterocycles. The van der Waals surface area contributed by atoms with Gasteiger partial charge in [0.2, 0.25) is 0 Å². The number of nitrogens with zero attached hydrogens (tertiary/aromatic N) is 1. The number of carbonyl (C=O) groups is 2. The third-order valence-electron chi connectivity index (χ3n) is 6.57. The number of hydrogen-bond donors (Lipinski definition) is 2. The van der Waals surface area contributed by atoms with Gasteiger partial charge < -0.3 is 15.2 Å². The van der Waals surface area contributed by atoms with Gasteiger partial charge in [-0.15, -0.1) is 0 Å². The predicted octanol–water partition coefficient (Wildman–Crippen LogP) is 6.26. The molecule has 1 aliphatic rings. The molecule has 1 aromatic heterocycles. The molecule has 16 heteroatoms. The first-order valence-corrected chi connectivity index (χ1v) is 14.2. The highest BCUT2D eigenvalue weighted by Gasteiger charge is 2.71. The Labute approximate surface area is 240 Å². The Kier molecular flexibility index (Phi) is 7.66. The molecule has 1 fully saturated rings. The monoisotopic (exact) mass is 638 g/mol. The highest BCUT2D eigenvalue weighted by Crippen LogP contribution is 2.50. The number of nitrogens with one attached hydrogen (secondary N) is 1. The van der Waals surface area contributed by atoms with Crippen molar-refractivity contribution in [2.24, 2.45) is 0 Å². The number of carbonyl (C=O) groups excluding carboxylic acids is 2. The Morgan fingerprint density at radius 3 is 2.02 bits per heavy atom. The molecular weight excluding hydrogens is 613 g/mol. The van der Waals surface area contributed by atoms with E-state index in [1.807, 2.05) is 0 Å². The molecule has 2 aromatic carbocycles. The van der Waals surface area contributed by atoms with E-state index in [0.29, 0.717) is 24.3 Å². The van der Waals surface area contributed by atoms with Crippen molar-refractivity contribution < 1.29 is 58.6 Å². The zero-order valence-corrected chi connectivity index (χ0v) is 23.5. The van der Waals surface area contributed by atoms with Gasteiger partial charge >= 0.3 is 18.4 Å². The number of hydrogen-bond acceptors (Lipinski definition) is 6. The zero-order chi connectivity index (χ0) is 32.4. The third-order valence-corrected chi connectivity index (χ3v) is 8.44. The van der Waals surface area contributed by atoms with E-state index in [1.54, 1.807) is 0 Å². The largest absolute Gasteiger partial charge is 0.443 e. The Morgan fingerprint density at radius 1 is 0.977 bits per heavy atom. The average Bonchev–Trinajstić information content (AvgIpc) is 3.42. The number of ether oxygens (including phenoxy) is 1. The molecule has 0 atom stereocenters. The van der Waals surface area contributed by atoms with Crippen molar-refractivity contribution in [1.29, 1.82) is 0 Å². The van der Waals surface area contributed by atoms with Gasteiger partial charge in [0.1, 0.15) is 17.0 Å². The number of amides is 1. The zero-order valence-electron chi connectivity index (χ0n) is 22.7. The molecule has 2 N–H and O–H groups in total. The van der Waals surface area contributed by atoms with E-state index in [9.17, 15) is 53.8 Å². The summed E-state index contributed by atoms with van der Waals surface area (Å²) in [6, 6.07) is 5.49. The second-order valence-corrected chi connectivity index (χ2v) is 13.2. The van der Waals surface area contributed by atoms with Gasteiger partial charge in [0.25, 0.3) is 11.5 Å². The summed E-state index contributed by atoms with van der Waals surface area (Å²) >= 11 is 0. The molecule has 0 saturated heterocycles. The fourth-order valence-electron chi connectivity index (χ4n) is 4.25. The predicted molar refractivity (Wildman–Crippen MR) is 139 cm³/mol. The average molecular weight is 639 g/mol. The second-order valence-electron chi connectivity index (χ2n) is 11.2. The van der Waals surface area contributed by atoms with Crippen molar-refractivity contribution in [3.63, 3.8) is 0 Å². The molecule has 4 rings (SSSR count). The van der Waals surface area contributed by atoms with E-state index in [4.69, 9.17) is 4.74 Å². The SMILES string of the molecule is CC(C)(C)OC(=O)n1cc2cc(S(=O)(=O)CC3(F)CC3)ccc2c1C(=O)Nc1ccc(C(O)(C(F)(F)F)C(F)(F)F)cc1. The minimum Gasteiger partial charge on any atom is -0.443 e. The van der Waals surface area contributed by atoms with Crippen molar-refractivity contribution in [1.82, 2.24) is 4.57 Å². The maximum absolute atomic E-state index is 14.2. The van der Waals surface area contributed by atoms with Crippen LogP contribution in [-0.4, -0.2) is 59.5 Å². The molecule has 8 nitrogen and oxygen atoms in total. The van der Waals surface area contributed by atoms with Crippen molar-refractivity contribution in [3.8, 4) is 0 Å². The quantitative estimate of drug-likeness (QED) is 0.308. The standard InChI is InChI=1S/C27H25F7N2O6S/c1-23(2,3)42-22(38)36-13-15-12-18(43(40,41)14-24(28)10-11-24)8-9-19(15)20(36)21(37)35-17-6-4-16(5-7-17)25(39,26(29,30)31)27(32,33)34/h4-9,12-13,39H,10-11,14H2,1-3H3,(H,35,37). The lowest BCUT2D eigenvalue weighted by molar-refractivity contribution is -0.376. The van der Waals surface area contributed by atoms with Gasteiger partial charge in [-0.05, 0) is 57.9 Å². The van der Waals surface area contributed by atoms with E-state index < -0.39 is 68.1 Å². The number of rotatable bonds is 6. The minimum absolute atomic E-state index is 0.0313. The molecule has 0 radical (unpaired) electrons. The molecule has 43 heavy (non-hydrogen) atoms. The molecule has 0 bridgehead atoms. The Hall–Kier alpha value is -3.66. The highest BCUT2D eigenvalue weighted by molar-refractivity contribution is 7.91. The number of aliphatic hydroxyl groups is 1. The second kappa shape index (κ2) is 10.2. The maximum atomic E-state index is 14.2.